The van der Waals surface area contributed by atoms with Gasteiger partial charge in [-0.05, 0) is 47.5 Å². The summed E-state index contributed by atoms with van der Waals surface area (Å²) >= 11 is 3.46. The predicted molar refractivity (Wildman–Crippen MR) is 82.0 cm³/mol. The standard InChI is InChI=1S/C15H19BrN2O2/c1-10(2)18-15(13(16)9-17-18)14(19)8-11-4-6-12(20-3)7-5-11/h4-7,9-10,14,19H,8H2,1-3H3. The molecule has 0 aliphatic rings. The van der Waals surface area contributed by atoms with Crippen LogP contribution in [0.3, 0.4) is 0 Å². The van der Waals surface area contributed by atoms with E-state index in [2.05, 4.69) is 21.0 Å². The van der Waals surface area contributed by atoms with Crippen LogP contribution in [0, 0.1) is 0 Å². The molecule has 1 N–H and O–H groups in total. The van der Waals surface area contributed by atoms with Gasteiger partial charge in [0.15, 0.2) is 0 Å². The van der Waals surface area contributed by atoms with E-state index in [1.54, 1.807) is 13.3 Å². The van der Waals surface area contributed by atoms with Crippen molar-refractivity contribution < 1.29 is 9.84 Å². The summed E-state index contributed by atoms with van der Waals surface area (Å²) < 4.78 is 7.82. The van der Waals surface area contributed by atoms with Gasteiger partial charge >= 0.3 is 0 Å². The summed E-state index contributed by atoms with van der Waals surface area (Å²) in [6.07, 6.45) is 1.68. The lowest BCUT2D eigenvalue weighted by atomic mass is 10.1. The van der Waals surface area contributed by atoms with Gasteiger partial charge in [-0.25, -0.2) is 0 Å². The molecule has 0 fully saturated rings. The zero-order chi connectivity index (χ0) is 14.7. The van der Waals surface area contributed by atoms with Crippen LogP contribution in [-0.2, 0) is 6.42 Å². The summed E-state index contributed by atoms with van der Waals surface area (Å²) in [7, 11) is 1.64. The third-order valence-corrected chi connectivity index (χ3v) is 3.79. The van der Waals surface area contributed by atoms with Crippen LogP contribution in [0.15, 0.2) is 34.9 Å². The summed E-state index contributed by atoms with van der Waals surface area (Å²) in [6.45, 7) is 4.09. The first-order valence-corrected chi connectivity index (χ1v) is 7.36. The molecule has 108 valence electrons. The van der Waals surface area contributed by atoms with E-state index in [0.717, 1.165) is 21.5 Å². The monoisotopic (exact) mass is 338 g/mol. The highest BCUT2D eigenvalue weighted by Crippen LogP contribution is 2.28. The normalized spacial score (nSPS) is 12.7. The van der Waals surface area contributed by atoms with Crippen molar-refractivity contribution in [3.8, 4) is 5.75 Å². The maximum Gasteiger partial charge on any atom is 0.118 e. The Balaban J connectivity index is 2.19. The number of aliphatic hydroxyl groups excluding tert-OH is 1. The first kappa shape index (κ1) is 15.1. The van der Waals surface area contributed by atoms with Crippen molar-refractivity contribution in [3.63, 3.8) is 0 Å². The Morgan fingerprint density at radius 2 is 1.95 bits per heavy atom. The van der Waals surface area contributed by atoms with Crippen molar-refractivity contribution in [3.05, 3.63) is 46.2 Å². The molecular formula is C15H19BrN2O2. The SMILES string of the molecule is COc1ccc(CC(O)c2c(Br)cnn2C(C)C)cc1. The minimum Gasteiger partial charge on any atom is -0.497 e. The molecule has 0 aliphatic carbocycles. The summed E-state index contributed by atoms with van der Waals surface area (Å²) in [5.74, 6) is 0.816. The lowest BCUT2D eigenvalue weighted by Crippen LogP contribution is -2.13. The lowest BCUT2D eigenvalue weighted by molar-refractivity contribution is 0.164. The molecule has 1 atom stereocenters. The topological polar surface area (TPSA) is 47.3 Å². The number of rotatable bonds is 5. The molecule has 5 heteroatoms. The van der Waals surface area contributed by atoms with E-state index in [9.17, 15) is 5.11 Å². The van der Waals surface area contributed by atoms with Gasteiger partial charge < -0.3 is 9.84 Å². The van der Waals surface area contributed by atoms with Crippen molar-refractivity contribution >= 4 is 15.9 Å². The second-order valence-electron chi connectivity index (χ2n) is 4.98. The number of halogens is 1. The first-order valence-electron chi connectivity index (χ1n) is 6.56. The van der Waals surface area contributed by atoms with Gasteiger partial charge in [-0.3, -0.25) is 4.68 Å². The van der Waals surface area contributed by atoms with Gasteiger partial charge in [0.1, 0.15) is 11.9 Å². The number of benzene rings is 1. The molecular weight excluding hydrogens is 320 g/mol. The van der Waals surface area contributed by atoms with Crippen molar-refractivity contribution in [1.82, 2.24) is 9.78 Å². The third kappa shape index (κ3) is 3.22. The van der Waals surface area contributed by atoms with Gasteiger partial charge in [0.05, 0.1) is 23.5 Å². The second-order valence-corrected chi connectivity index (χ2v) is 5.84. The van der Waals surface area contributed by atoms with Crippen LogP contribution in [0.2, 0.25) is 0 Å². The number of aliphatic hydroxyl groups is 1. The molecule has 20 heavy (non-hydrogen) atoms. The van der Waals surface area contributed by atoms with Crippen LogP contribution in [0.1, 0.15) is 37.3 Å². The summed E-state index contributed by atoms with van der Waals surface area (Å²) in [6, 6.07) is 7.94. The van der Waals surface area contributed by atoms with Crippen LogP contribution in [0.25, 0.3) is 0 Å². The molecule has 0 spiro atoms. The highest BCUT2D eigenvalue weighted by molar-refractivity contribution is 9.10. The van der Waals surface area contributed by atoms with E-state index < -0.39 is 6.10 Å². The zero-order valence-corrected chi connectivity index (χ0v) is 13.5. The van der Waals surface area contributed by atoms with Crippen LogP contribution in [-0.4, -0.2) is 22.0 Å². The molecule has 0 aliphatic heterocycles. The van der Waals surface area contributed by atoms with E-state index in [0.29, 0.717) is 6.42 Å². The average molecular weight is 339 g/mol. The molecule has 0 saturated carbocycles. The van der Waals surface area contributed by atoms with Crippen LogP contribution < -0.4 is 4.74 Å². The van der Waals surface area contributed by atoms with Gasteiger partial charge in [-0.15, -0.1) is 0 Å². The minimum absolute atomic E-state index is 0.210. The van der Waals surface area contributed by atoms with Gasteiger partial charge in [0.25, 0.3) is 0 Å². The molecule has 4 nitrogen and oxygen atoms in total. The molecule has 2 rings (SSSR count). The highest BCUT2D eigenvalue weighted by Gasteiger charge is 2.19. The summed E-state index contributed by atoms with van der Waals surface area (Å²) in [4.78, 5) is 0. The number of aromatic nitrogens is 2. The molecule has 0 bridgehead atoms. The van der Waals surface area contributed by atoms with E-state index in [1.165, 1.54) is 0 Å². The average Bonchev–Trinajstić information content (AvgIpc) is 2.81. The zero-order valence-electron chi connectivity index (χ0n) is 11.9. The second kappa shape index (κ2) is 6.41. The van der Waals surface area contributed by atoms with Crippen LogP contribution >= 0.6 is 15.9 Å². The Hall–Kier alpha value is -1.33. The quantitative estimate of drug-likeness (QED) is 0.907. The number of methoxy groups -OCH3 is 1. The van der Waals surface area contributed by atoms with Gasteiger partial charge in [-0.2, -0.15) is 5.10 Å². The number of ether oxygens (including phenoxy) is 1. The van der Waals surface area contributed by atoms with E-state index in [-0.39, 0.29) is 6.04 Å². The molecule has 1 aromatic carbocycles. The van der Waals surface area contributed by atoms with Crippen molar-refractivity contribution in [2.75, 3.05) is 7.11 Å². The fourth-order valence-corrected chi connectivity index (χ4v) is 2.69. The largest absolute Gasteiger partial charge is 0.497 e. The molecule has 1 heterocycles. The Morgan fingerprint density at radius 3 is 2.50 bits per heavy atom. The van der Waals surface area contributed by atoms with Crippen LogP contribution in [0.5, 0.6) is 5.75 Å². The fourth-order valence-electron chi connectivity index (χ4n) is 2.16. The van der Waals surface area contributed by atoms with Crippen molar-refractivity contribution in [2.45, 2.75) is 32.4 Å². The van der Waals surface area contributed by atoms with Crippen molar-refractivity contribution in [1.29, 1.82) is 0 Å². The predicted octanol–water partition coefficient (Wildman–Crippen LogP) is 3.51. The third-order valence-electron chi connectivity index (χ3n) is 3.18. The molecule has 1 unspecified atom stereocenters. The molecule has 0 saturated heterocycles. The highest BCUT2D eigenvalue weighted by atomic mass is 79.9. The number of nitrogens with zero attached hydrogens (tertiary/aromatic N) is 2. The van der Waals surface area contributed by atoms with Gasteiger partial charge in [0.2, 0.25) is 0 Å². The maximum absolute atomic E-state index is 10.5. The Labute approximate surface area is 127 Å². The van der Waals surface area contributed by atoms with E-state index in [1.807, 2.05) is 42.8 Å². The Kier molecular flexibility index (Phi) is 4.83. The minimum atomic E-state index is -0.595. The van der Waals surface area contributed by atoms with Crippen molar-refractivity contribution in [2.24, 2.45) is 0 Å². The Morgan fingerprint density at radius 1 is 1.30 bits per heavy atom. The summed E-state index contributed by atoms with van der Waals surface area (Å²) in [5, 5.41) is 14.8. The summed E-state index contributed by atoms with van der Waals surface area (Å²) in [5.41, 5.74) is 1.87. The van der Waals surface area contributed by atoms with Gasteiger partial charge in [-0.1, -0.05) is 12.1 Å². The molecule has 1 aromatic heterocycles. The lowest BCUT2D eigenvalue weighted by Gasteiger charge is -2.17. The molecule has 0 amide bonds. The molecule has 0 radical (unpaired) electrons. The van der Waals surface area contributed by atoms with E-state index >= 15 is 0 Å². The molecule has 2 aromatic rings. The van der Waals surface area contributed by atoms with Crippen LogP contribution in [0.4, 0.5) is 0 Å². The van der Waals surface area contributed by atoms with E-state index in [4.69, 9.17) is 4.74 Å². The number of hydrogen-bond donors (Lipinski definition) is 1. The first-order chi connectivity index (χ1) is 9.52. The maximum atomic E-state index is 10.5. The number of hydrogen-bond acceptors (Lipinski definition) is 3. The Bertz CT molecular complexity index is 564. The smallest absolute Gasteiger partial charge is 0.118 e. The fraction of sp³-hybridized carbons (Fsp3) is 0.400. The van der Waals surface area contributed by atoms with Gasteiger partial charge in [0, 0.05) is 12.5 Å².